The summed E-state index contributed by atoms with van der Waals surface area (Å²) >= 11 is 0. The van der Waals surface area contributed by atoms with Gasteiger partial charge in [0.1, 0.15) is 5.56 Å². The molecule has 1 N–H and O–H groups in total. The number of likely N-dealkylation sites (tertiary alicyclic amines) is 1. The summed E-state index contributed by atoms with van der Waals surface area (Å²) in [5.74, 6) is -0.615. The molecule has 0 saturated carbocycles. The number of ether oxygens (including phenoxy) is 1. The Morgan fingerprint density at radius 2 is 1.94 bits per heavy atom. The van der Waals surface area contributed by atoms with Crippen LogP contribution in [0.5, 0.6) is 0 Å². The van der Waals surface area contributed by atoms with Crippen molar-refractivity contribution in [3.05, 3.63) is 47.3 Å². The third-order valence-electron chi connectivity index (χ3n) is 6.05. The van der Waals surface area contributed by atoms with Crippen LogP contribution in [0.2, 0.25) is 0 Å². The first kappa shape index (κ1) is 24.5. The first-order valence-corrected chi connectivity index (χ1v) is 11.8. The van der Waals surface area contributed by atoms with Gasteiger partial charge in [-0.05, 0) is 64.3 Å². The number of esters is 1. The van der Waals surface area contributed by atoms with Crippen molar-refractivity contribution < 1.29 is 19.1 Å². The molecule has 2 atom stereocenters. The topological polar surface area (TPSA) is 93.5 Å². The van der Waals surface area contributed by atoms with Gasteiger partial charge in [-0.15, -0.1) is 0 Å². The SMILES string of the molecule is CCCC(C)NC(=O)C1CCCN(C(=O)c2ccc(-n3ncc(C(=O)OCC)c3C)cc2)C1. The maximum absolute atomic E-state index is 13.1. The smallest absolute Gasteiger partial charge is 0.341 e. The van der Waals surface area contributed by atoms with Crippen LogP contribution in [-0.4, -0.2) is 58.2 Å². The molecule has 1 fully saturated rings. The van der Waals surface area contributed by atoms with Crippen molar-refractivity contribution in [3.63, 3.8) is 0 Å². The number of nitrogens with one attached hydrogen (secondary N) is 1. The van der Waals surface area contributed by atoms with E-state index in [0.717, 1.165) is 31.4 Å². The van der Waals surface area contributed by atoms with E-state index in [1.807, 2.05) is 19.1 Å². The molecule has 1 aromatic heterocycles. The Balaban J connectivity index is 1.67. The zero-order chi connectivity index (χ0) is 24.0. The fourth-order valence-electron chi connectivity index (χ4n) is 4.25. The fourth-order valence-corrected chi connectivity index (χ4v) is 4.25. The standard InChI is InChI=1S/C25H34N4O4/c1-5-8-17(3)27-23(30)20-9-7-14-28(16-20)24(31)19-10-12-21(13-11-19)29-18(4)22(15-26-29)25(32)33-6-2/h10-13,15,17,20H,5-9,14,16H2,1-4H3,(H,27,30). The van der Waals surface area contributed by atoms with Crippen molar-refractivity contribution in [1.29, 1.82) is 0 Å². The highest BCUT2D eigenvalue weighted by atomic mass is 16.5. The summed E-state index contributed by atoms with van der Waals surface area (Å²) in [6.45, 7) is 9.07. The van der Waals surface area contributed by atoms with Crippen LogP contribution < -0.4 is 5.32 Å². The van der Waals surface area contributed by atoms with Gasteiger partial charge in [-0.1, -0.05) is 13.3 Å². The molecule has 8 heteroatoms. The summed E-state index contributed by atoms with van der Waals surface area (Å²) < 4.78 is 6.72. The van der Waals surface area contributed by atoms with Crippen LogP contribution >= 0.6 is 0 Å². The molecule has 8 nitrogen and oxygen atoms in total. The number of carbonyl (C=O) groups excluding carboxylic acids is 3. The maximum atomic E-state index is 13.1. The van der Waals surface area contributed by atoms with E-state index < -0.39 is 5.97 Å². The van der Waals surface area contributed by atoms with Crippen molar-refractivity contribution in [2.75, 3.05) is 19.7 Å². The Hall–Kier alpha value is -3.16. The number of benzene rings is 1. The van der Waals surface area contributed by atoms with Gasteiger partial charge in [0.05, 0.1) is 30.1 Å². The Labute approximate surface area is 195 Å². The number of hydrogen-bond acceptors (Lipinski definition) is 5. The molecule has 178 valence electrons. The van der Waals surface area contributed by atoms with Gasteiger partial charge in [-0.3, -0.25) is 9.59 Å². The minimum absolute atomic E-state index is 0.0374. The van der Waals surface area contributed by atoms with E-state index in [0.29, 0.717) is 36.5 Å². The molecule has 1 saturated heterocycles. The number of nitrogens with zero attached hydrogens (tertiary/aromatic N) is 3. The highest BCUT2D eigenvalue weighted by Crippen LogP contribution is 2.21. The van der Waals surface area contributed by atoms with Crippen molar-refractivity contribution in [3.8, 4) is 5.69 Å². The molecular formula is C25H34N4O4. The Morgan fingerprint density at radius 3 is 2.61 bits per heavy atom. The van der Waals surface area contributed by atoms with E-state index in [4.69, 9.17) is 4.74 Å². The second-order valence-corrected chi connectivity index (χ2v) is 8.61. The largest absolute Gasteiger partial charge is 0.462 e. The van der Waals surface area contributed by atoms with Crippen LogP contribution in [0.25, 0.3) is 5.69 Å². The lowest BCUT2D eigenvalue weighted by Gasteiger charge is -2.32. The summed E-state index contributed by atoms with van der Waals surface area (Å²) in [4.78, 5) is 39.5. The molecule has 33 heavy (non-hydrogen) atoms. The normalized spacial score (nSPS) is 16.8. The molecule has 1 aliphatic heterocycles. The molecule has 3 rings (SSSR count). The van der Waals surface area contributed by atoms with Crippen molar-refractivity contribution in [2.45, 2.75) is 59.4 Å². The van der Waals surface area contributed by atoms with Gasteiger partial charge in [0.25, 0.3) is 5.91 Å². The lowest BCUT2D eigenvalue weighted by Crippen LogP contribution is -2.47. The van der Waals surface area contributed by atoms with Gasteiger partial charge in [0.2, 0.25) is 5.91 Å². The van der Waals surface area contributed by atoms with Gasteiger partial charge in [0.15, 0.2) is 0 Å². The molecule has 0 radical (unpaired) electrons. The van der Waals surface area contributed by atoms with Crippen LogP contribution in [0, 0.1) is 12.8 Å². The third-order valence-corrected chi connectivity index (χ3v) is 6.05. The zero-order valence-electron chi connectivity index (χ0n) is 20.0. The van der Waals surface area contributed by atoms with E-state index in [9.17, 15) is 14.4 Å². The minimum atomic E-state index is -0.402. The molecule has 2 unspecified atom stereocenters. The second-order valence-electron chi connectivity index (χ2n) is 8.61. The predicted molar refractivity (Wildman–Crippen MR) is 125 cm³/mol. The van der Waals surface area contributed by atoms with Crippen molar-refractivity contribution in [2.24, 2.45) is 5.92 Å². The van der Waals surface area contributed by atoms with Gasteiger partial charge >= 0.3 is 5.97 Å². The van der Waals surface area contributed by atoms with Gasteiger partial charge in [-0.2, -0.15) is 5.10 Å². The summed E-state index contributed by atoms with van der Waals surface area (Å²) in [5, 5.41) is 7.37. The molecule has 1 aromatic carbocycles. The minimum Gasteiger partial charge on any atom is -0.462 e. The van der Waals surface area contributed by atoms with E-state index >= 15 is 0 Å². The molecule has 0 aliphatic carbocycles. The molecule has 0 spiro atoms. The van der Waals surface area contributed by atoms with Gasteiger partial charge in [-0.25, -0.2) is 9.48 Å². The number of amides is 2. The van der Waals surface area contributed by atoms with Crippen LogP contribution in [0.15, 0.2) is 30.5 Å². The maximum Gasteiger partial charge on any atom is 0.341 e. The molecule has 2 heterocycles. The number of hydrogen-bond donors (Lipinski definition) is 1. The molecule has 1 aliphatic rings. The second kappa shape index (κ2) is 11.1. The molecule has 0 bridgehead atoms. The van der Waals surface area contributed by atoms with Gasteiger partial charge < -0.3 is 15.0 Å². The Kier molecular flexibility index (Phi) is 8.25. The van der Waals surface area contributed by atoms with Crippen LogP contribution in [0.3, 0.4) is 0 Å². The molecular weight excluding hydrogens is 420 g/mol. The van der Waals surface area contributed by atoms with E-state index in [1.165, 1.54) is 6.20 Å². The Morgan fingerprint density at radius 1 is 1.21 bits per heavy atom. The first-order valence-electron chi connectivity index (χ1n) is 11.8. The summed E-state index contributed by atoms with van der Waals surface area (Å²) in [6.07, 6.45) is 5.08. The van der Waals surface area contributed by atoms with E-state index in [-0.39, 0.29) is 23.8 Å². The summed E-state index contributed by atoms with van der Waals surface area (Å²) in [5.41, 5.74) is 2.41. The monoisotopic (exact) mass is 454 g/mol. The predicted octanol–water partition coefficient (Wildman–Crippen LogP) is 3.51. The average Bonchev–Trinajstić information content (AvgIpc) is 3.20. The highest BCUT2D eigenvalue weighted by Gasteiger charge is 2.29. The third kappa shape index (κ3) is 5.80. The highest BCUT2D eigenvalue weighted by molar-refractivity contribution is 5.95. The number of aromatic nitrogens is 2. The number of piperidine rings is 1. The quantitative estimate of drug-likeness (QED) is 0.616. The molecule has 2 aromatic rings. The summed E-state index contributed by atoms with van der Waals surface area (Å²) in [7, 11) is 0. The van der Waals surface area contributed by atoms with Crippen molar-refractivity contribution in [1.82, 2.24) is 20.0 Å². The Bertz CT molecular complexity index is 983. The summed E-state index contributed by atoms with van der Waals surface area (Å²) in [6, 6.07) is 7.29. The van der Waals surface area contributed by atoms with Crippen molar-refractivity contribution >= 4 is 17.8 Å². The number of rotatable bonds is 8. The fraction of sp³-hybridized carbons (Fsp3) is 0.520. The van der Waals surface area contributed by atoms with E-state index in [2.05, 4.69) is 17.3 Å². The van der Waals surface area contributed by atoms with Crippen LogP contribution in [-0.2, 0) is 9.53 Å². The zero-order valence-corrected chi connectivity index (χ0v) is 20.0. The van der Waals surface area contributed by atoms with Crippen LogP contribution in [0.4, 0.5) is 0 Å². The lowest BCUT2D eigenvalue weighted by molar-refractivity contribution is -0.127. The first-order chi connectivity index (χ1) is 15.8. The molecule has 2 amide bonds. The average molecular weight is 455 g/mol. The van der Waals surface area contributed by atoms with E-state index in [1.54, 1.807) is 35.6 Å². The van der Waals surface area contributed by atoms with Crippen LogP contribution in [0.1, 0.15) is 72.9 Å². The number of carbonyl (C=O) groups is 3. The van der Waals surface area contributed by atoms with Gasteiger partial charge in [0, 0.05) is 24.7 Å². The lowest BCUT2D eigenvalue weighted by atomic mass is 9.96.